The zero-order valence-electron chi connectivity index (χ0n) is 51.4. The average molecular weight is 1050 g/mol. The number of hydrogen-bond acceptors (Lipinski definition) is 1. The molecule has 0 N–H and O–H groups in total. The maximum Gasteiger partial charge on any atom is 0.173 e. The van der Waals surface area contributed by atoms with E-state index in [9.17, 15) is 0 Å². The summed E-state index contributed by atoms with van der Waals surface area (Å²) in [5, 5.41) is 0. The number of nitrogens with zero attached hydrogens (tertiary/aromatic N) is 4. The lowest BCUT2D eigenvalue weighted by Gasteiger charge is -2.21. The van der Waals surface area contributed by atoms with Gasteiger partial charge in [0.25, 0.3) is 0 Å². The summed E-state index contributed by atoms with van der Waals surface area (Å²) < 4.78 is 7.42. The zero-order chi connectivity index (χ0) is 53.7. The van der Waals surface area contributed by atoms with E-state index in [0.29, 0.717) is 0 Å². The number of hydrogen-bond donors (Lipinski definition) is 0. The Balaban J connectivity index is 1.41. The van der Waals surface area contributed by atoms with Crippen LogP contribution < -0.4 is 13.7 Å². The van der Waals surface area contributed by atoms with Crippen LogP contribution in [0.2, 0.25) is 0 Å². The molecule has 0 aliphatic heterocycles. The van der Waals surface area contributed by atoms with Crippen LogP contribution in [0.1, 0.15) is 346 Å². The lowest BCUT2D eigenvalue weighted by Crippen LogP contribution is -2.36. The minimum Gasteiger partial charge on any atom is -0.290 e. The van der Waals surface area contributed by atoms with Crippen molar-refractivity contribution in [2.24, 2.45) is 0 Å². The molecule has 0 atom stereocenters. The van der Waals surface area contributed by atoms with Crippen molar-refractivity contribution in [3.8, 4) is 0 Å². The van der Waals surface area contributed by atoms with E-state index in [1.165, 1.54) is 325 Å². The van der Waals surface area contributed by atoms with Crippen molar-refractivity contribution in [3.63, 3.8) is 0 Å². The smallest absolute Gasteiger partial charge is 0.173 e. The Hall–Kier alpha value is -2.59. The molecule has 4 nitrogen and oxygen atoms in total. The molecule has 0 aliphatic carbocycles. The molecule has 3 aromatic rings. The molecule has 434 valence electrons. The lowest BCUT2D eigenvalue weighted by atomic mass is 10.0. The first-order valence-electron chi connectivity index (χ1n) is 34.4. The monoisotopic (exact) mass is 1050 g/mol. The van der Waals surface area contributed by atoms with Gasteiger partial charge >= 0.3 is 0 Å². The summed E-state index contributed by atoms with van der Waals surface area (Å²) in [5.41, 5.74) is 4.27. The van der Waals surface area contributed by atoms with Crippen LogP contribution in [0, 0.1) is 0 Å². The van der Waals surface area contributed by atoms with Crippen molar-refractivity contribution in [1.82, 2.24) is 4.90 Å². The van der Waals surface area contributed by atoms with Gasteiger partial charge in [-0.05, 0) is 37.5 Å². The van der Waals surface area contributed by atoms with Crippen LogP contribution in [0.5, 0.6) is 0 Å². The summed E-state index contributed by atoms with van der Waals surface area (Å²) in [6, 6.07) is 14.0. The third kappa shape index (κ3) is 40.6. The van der Waals surface area contributed by atoms with Gasteiger partial charge in [0.05, 0.1) is 0 Å². The van der Waals surface area contributed by atoms with E-state index < -0.39 is 0 Å². The largest absolute Gasteiger partial charge is 0.290 e. The Bertz CT molecular complexity index is 1480. The minimum atomic E-state index is 0.960. The first kappa shape index (κ1) is 67.7. The Kier molecular flexibility index (Phi) is 46.2. The van der Waals surface area contributed by atoms with Gasteiger partial charge in [0.15, 0.2) is 37.2 Å². The van der Waals surface area contributed by atoms with E-state index in [1.807, 2.05) is 0 Å². The molecule has 3 heterocycles. The quantitative estimate of drug-likeness (QED) is 0.0406. The fourth-order valence-electron chi connectivity index (χ4n) is 11.9. The third-order valence-electron chi connectivity index (χ3n) is 16.8. The highest BCUT2D eigenvalue weighted by Gasteiger charge is 2.15. The molecule has 0 spiro atoms. The molecule has 3 rings (SSSR count). The van der Waals surface area contributed by atoms with Crippen molar-refractivity contribution >= 4 is 0 Å². The molecular formula is C72H129N4+3. The summed E-state index contributed by atoms with van der Waals surface area (Å²) in [6.45, 7) is 13.2. The number of pyridine rings is 3. The van der Waals surface area contributed by atoms with Crippen LogP contribution in [0.25, 0.3) is 0 Å². The molecule has 0 saturated carbocycles. The van der Waals surface area contributed by atoms with E-state index in [-0.39, 0.29) is 0 Å². The van der Waals surface area contributed by atoms with Crippen molar-refractivity contribution in [1.29, 1.82) is 0 Å². The van der Waals surface area contributed by atoms with Gasteiger partial charge in [-0.1, -0.05) is 290 Å². The number of rotatable bonds is 57. The highest BCUT2D eigenvalue weighted by molar-refractivity contribution is 5.11. The van der Waals surface area contributed by atoms with E-state index in [2.05, 4.69) is 113 Å². The van der Waals surface area contributed by atoms with Crippen molar-refractivity contribution in [2.75, 3.05) is 0 Å². The third-order valence-corrected chi connectivity index (χ3v) is 16.8. The van der Waals surface area contributed by atoms with Gasteiger partial charge in [-0.3, -0.25) is 4.90 Å². The summed E-state index contributed by atoms with van der Waals surface area (Å²) in [7, 11) is 0. The predicted octanol–water partition coefficient (Wildman–Crippen LogP) is 21.5. The van der Waals surface area contributed by atoms with E-state index in [4.69, 9.17) is 0 Å². The maximum absolute atomic E-state index is 2.69. The second-order valence-corrected chi connectivity index (χ2v) is 24.4. The first-order chi connectivity index (χ1) is 37.7. The van der Waals surface area contributed by atoms with Crippen LogP contribution in [0.15, 0.2) is 73.6 Å². The van der Waals surface area contributed by atoms with Crippen LogP contribution in [-0.4, -0.2) is 4.90 Å². The second-order valence-electron chi connectivity index (χ2n) is 24.4. The molecule has 0 aliphatic rings. The van der Waals surface area contributed by atoms with Gasteiger partial charge in [-0.15, -0.1) is 0 Å². The average Bonchev–Trinajstić information content (AvgIpc) is 3.43. The molecule has 0 radical (unpaired) electrons. The minimum absolute atomic E-state index is 0.960. The first-order valence-corrected chi connectivity index (χ1v) is 34.4. The van der Waals surface area contributed by atoms with Gasteiger partial charge in [-0.2, -0.15) is 0 Å². The Morgan fingerprint density at radius 2 is 0.408 bits per heavy atom. The molecule has 0 aromatic carbocycles. The molecule has 4 heteroatoms. The second kappa shape index (κ2) is 51.8. The van der Waals surface area contributed by atoms with E-state index in [1.54, 1.807) is 0 Å². The van der Waals surface area contributed by atoms with Crippen molar-refractivity contribution in [3.05, 3.63) is 90.3 Å². The van der Waals surface area contributed by atoms with Gasteiger partial charge in [-0.25, -0.2) is 13.7 Å². The zero-order valence-corrected chi connectivity index (χ0v) is 51.4. The normalized spacial score (nSPS) is 11.7. The summed E-state index contributed by atoms with van der Waals surface area (Å²) in [6.07, 6.45) is 82.4. The highest BCUT2D eigenvalue weighted by Crippen LogP contribution is 2.18. The SMILES string of the molecule is CCCCCCCCCCCCCCCCCC[n+]1cccc(CN(Cc2ccc[n+](CCCCCCCCCCCCCCCCCC)c2)Cc2ccc[n+](CCCCCCCCCCCCCCCCCC)c2)c1. The van der Waals surface area contributed by atoms with Gasteiger partial charge in [0.1, 0.15) is 19.6 Å². The maximum atomic E-state index is 2.69. The Morgan fingerprint density at radius 1 is 0.237 bits per heavy atom. The fraction of sp³-hybridized carbons (Fsp3) is 0.792. The van der Waals surface area contributed by atoms with Gasteiger partial charge in [0.2, 0.25) is 0 Å². The van der Waals surface area contributed by atoms with Crippen LogP contribution >= 0.6 is 0 Å². The molecule has 0 unspecified atom stereocenters. The summed E-state index contributed by atoms with van der Waals surface area (Å²) >= 11 is 0. The van der Waals surface area contributed by atoms with Crippen LogP contribution in [0.3, 0.4) is 0 Å². The molecule has 0 saturated heterocycles. The number of aryl methyl sites for hydroxylation is 3. The highest BCUT2D eigenvalue weighted by atomic mass is 15.1. The number of unbranched alkanes of at least 4 members (excludes halogenated alkanes) is 45. The molecule has 0 bridgehead atoms. The Labute approximate surface area is 474 Å². The molecular weight excluding hydrogens is 921 g/mol. The Morgan fingerprint density at radius 3 is 0.592 bits per heavy atom. The van der Waals surface area contributed by atoms with Gasteiger partial charge in [0, 0.05) is 73.8 Å². The molecule has 76 heavy (non-hydrogen) atoms. The molecule has 0 amide bonds. The van der Waals surface area contributed by atoms with Gasteiger partial charge < -0.3 is 0 Å². The standard InChI is InChI=1S/C72H129N4/c1-4-7-10-13-16-19-22-25-28-31-34-37-40-43-46-49-58-73-61-52-55-70(64-73)67-76(68-71-56-53-62-74(65-71)59-50-47-44-41-38-35-32-29-26-23-20-17-14-11-8-5-2)69-72-57-54-63-75(66-72)60-51-48-45-42-39-36-33-30-27-24-21-18-15-12-9-6-3/h52-57,61-66H,4-51,58-60,67-69H2,1-3H3/q+3. The van der Waals surface area contributed by atoms with E-state index in [0.717, 1.165) is 39.3 Å². The topological polar surface area (TPSA) is 14.9 Å². The number of aromatic nitrogens is 3. The molecule has 3 aromatic heterocycles. The van der Waals surface area contributed by atoms with Crippen molar-refractivity contribution in [2.45, 2.75) is 368 Å². The summed E-state index contributed by atoms with van der Waals surface area (Å²) in [4.78, 5) is 2.69. The van der Waals surface area contributed by atoms with Crippen LogP contribution in [-0.2, 0) is 39.3 Å². The van der Waals surface area contributed by atoms with E-state index >= 15 is 0 Å². The van der Waals surface area contributed by atoms with Crippen molar-refractivity contribution < 1.29 is 13.7 Å². The predicted molar refractivity (Wildman–Crippen MR) is 332 cm³/mol. The van der Waals surface area contributed by atoms with Crippen LogP contribution in [0.4, 0.5) is 0 Å². The summed E-state index contributed by atoms with van der Waals surface area (Å²) in [5.74, 6) is 0. The fourth-order valence-corrected chi connectivity index (χ4v) is 11.9. The lowest BCUT2D eigenvalue weighted by molar-refractivity contribution is -0.697. The molecule has 0 fully saturated rings.